The third kappa shape index (κ3) is 4.85. The van der Waals surface area contributed by atoms with Crippen molar-refractivity contribution in [2.24, 2.45) is 5.41 Å². The molecule has 0 N–H and O–H groups in total. The molecule has 1 aromatic carbocycles. The molecule has 0 amide bonds. The van der Waals surface area contributed by atoms with Crippen LogP contribution in [0, 0.1) is 5.41 Å². The van der Waals surface area contributed by atoms with Gasteiger partial charge >= 0.3 is 5.97 Å². The van der Waals surface area contributed by atoms with Crippen LogP contribution in [-0.2, 0) is 20.7 Å². The lowest BCUT2D eigenvalue weighted by Gasteiger charge is -2.24. The minimum Gasteiger partial charge on any atom is -0.464 e. The number of carbonyl (C=O) groups excluding carboxylic acids is 1. The molecule has 0 bridgehead atoms. The predicted molar refractivity (Wildman–Crippen MR) is 104 cm³/mol. The number of ether oxygens (including phenoxy) is 2. The molecule has 0 radical (unpaired) electrons. The molecule has 0 unspecified atom stereocenters. The van der Waals surface area contributed by atoms with Gasteiger partial charge in [-0.15, -0.1) is 0 Å². The SMILES string of the molecule is CC(C)(C)CCOC(=O)CO[C@@H]1C2=C(C=CCC2)CCc2ccccc21. The van der Waals surface area contributed by atoms with E-state index in [1.54, 1.807) is 0 Å². The van der Waals surface area contributed by atoms with Crippen LogP contribution in [0.15, 0.2) is 47.6 Å². The summed E-state index contributed by atoms with van der Waals surface area (Å²) in [5.41, 5.74) is 5.39. The van der Waals surface area contributed by atoms with Gasteiger partial charge in [0.25, 0.3) is 0 Å². The summed E-state index contributed by atoms with van der Waals surface area (Å²) < 4.78 is 11.5. The molecule has 0 heterocycles. The summed E-state index contributed by atoms with van der Waals surface area (Å²) in [6.07, 6.45) is 9.30. The molecule has 3 nitrogen and oxygen atoms in total. The Kier molecular flexibility index (Phi) is 5.98. The van der Waals surface area contributed by atoms with Crippen molar-refractivity contribution < 1.29 is 14.3 Å². The van der Waals surface area contributed by atoms with Gasteiger partial charge in [-0.3, -0.25) is 0 Å². The number of rotatable bonds is 5. The molecule has 0 spiro atoms. The zero-order valence-corrected chi connectivity index (χ0v) is 16.2. The highest BCUT2D eigenvalue weighted by Gasteiger charge is 2.27. The Morgan fingerprint density at radius 2 is 1.96 bits per heavy atom. The lowest BCUT2D eigenvalue weighted by Crippen LogP contribution is -2.20. The first-order valence-corrected chi connectivity index (χ1v) is 9.67. The van der Waals surface area contributed by atoms with Crippen LogP contribution < -0.4 is 0 Å². The Bertz CT molecular complexity index is 706. The van der Waals surface area contributed by atoms with Crippen LogP contribution in [-0.4, -0.2) is 19.2 Å². The maximum atomic E-state index is 12.2. The molecule has 0 saturated carbocycles. The predicted octanol–water partition coefficient (Wildman–Crippen LogP) is 5.32. The first-order chi connectivity index (χ1) is 12.4. The monoisotopic (exact) mass is 354 g/mol. The number of aryl methyl sites for hydroxylation is 1. The highest BCUT2D eigenvalue weighted by molar-refractivity contribution is 5.70. The standard InChI is InChI=1S/C23H30O3/c1-23(2,3)14-15-25-21(24)16-26-22-19-10-6-4-8-17(19)12-13-18-9-5-7-11-20(18)22/h4-6,8-10,22H,7,11-16H2,1-3H3/t22-/m0/s1. The van der Waals surface area contributed by atoms with Gasteiger partial charge in [-0.2, -0.15) is 0 Å². The molecule has 1 atom stereocenters. The summed E-state index contributed by atoms with van der Waals surface area (Å²) in [7, 11) is 0. The summed E-state index contributed by atoms with van der Waals surface area (Å²) in [6, 6.07) is 8.45. The van der Waals surface area contributed by atoms with Crippen LogP contribution in [0.5, 0.6) is 0 Å². The largest absolute Gasteiger partial charge is 0.464 e. The second-order valence-electron chi connectivity index (χ2n) is 8.41. The van der Waals surface area contributed by atoms with Gasteiger partial charge in [0.05, 0.1) is 6.61 Å². The van der Waals surface area contributed by atoms with Crippen LogP contribution in [0.25, 0.3) is 0 Å². The van der Waals surface area contributed by atoms with Gasteiger partial charge in [-0.1, -0.05) is 57.2 Å². The number of hydrogen-bond donors (Lipinski definition) is 0. The van der Waals surface area contributed by atoms with E-state index in [-0.39, 0.29) is 24.1 Å². The molecule has 3 heteroatoms. The molecule has 2 aliphatic rings. The van der Waals surface area contributed by atoms with Crippen molar-refractivity contribution in [1.82, 2.24) is 0 Å². The number of benzene rings is 1. The van der Waals surface area contributed by atoms with E-state index in [9.17, 15) is 4.79 Å². The van der Waals surface area contributed by atoms with E-state index in [1.807, 2.05) is 0 Å². The van der Waals surface area contributed by atoms with Gasteiger partial charge in [0, 0.05) is 0 Å². The van der Waals surface area contributed by atoms with Crippen LogP contribution >= 0.6 is 0 Å². The summed E-state index contributed by atoms with van der Waals surface area (Å²) in [4.78, 5) is 12.2. The van der Waals surface area contributed by atoms with Crippen LogP contribution in [0.4, 0.5) is 0 Å². The van der Waals surface area contributed by atoms with Gasteiger partial charge in [0.15, 0.2) is 0 Å². The van der Waals surface area contributed by atoms with Crippen molar-refractivity contribution in [3.8, 4) is 0 Å². The van der Waals surface area contributed by atoms with Crippen LogP contribution in [0.3, 0.4) is 0 Å². The smallest absolute Gasteiger partial charge is 0.332 e. The van der Waals surface area contributed by atoms with Crippen LogP contribution in [0.1, 0.15) is 63.7 Å². The highest BCUT2D eigenvalue weighted by Crippen LogP contribution is 2.40. The van der Waals surface area contributed by atoms with Gasteiger partial charge < -0.3 is 9.47 Å². The van der Waals surface area contributed by atoms with E-state index in [2.05, 4.69) is 57.2 Å². The Labute approximate surface area is 157 Å². The highest BCUT2D eigenvalue weighted by atomic mass is 16.6. The van der Waals surface area contributed by atoms with Gasteiger partial charge in [0.1, 0.15) is 12.7 Å². The molecular weight excluding hydrogens is 324 g/mol. The fourth-order valence-corrected chi connectivity index (χ4v) is 3.60. The average Bonchev–Trinajstić information content (AvgIpc) is 2.76. The summed E-state index contributed by atoms with van der Waals surface area (Å²) in [6.45, 7) is 6.88. The number of fused-ring (bicyclic) bond motifs is 1. The van der Waals surface area contributed by atoms with Crippen molar-refractivity contribution in [3.05, 3.63) is 58.7 Å². The minimum atomic E-state index is -0.274. The topological polar surface area (TPSA) is 35.5 Å². The molecule has 0 fully saturated rings. The third-order valence-electron chi connectivity index (χ3n) is 5.11. The zero-order valence-electron chi connectivity index (χ0n) is 16.2. The molecular formula is C23H30O3. The van der Waals surface area contributed by atoms with Crippen molar-refractivity contribution in [1.29, 1.82) is 0 Å². The van der Waals surface area contributed by atoms with E-state index in [0.29, 0.717) is 6.61 Å². The molecule has 0 aromatic heterocycles. The van der Waals surface area contributed by atoms with E-state index < -0.39 is 0 Å². The molecule has 3 rings (SSSR count). The number of carbonyl (C=O) groups is 1. The fourth-order valence-electron chi connectivity index (χ4n) is 3.60. The van der Waals surface area contributed by atoms with Crippen molar-refractivity contribution >= 4 is 5.97 Å². The fraction of sp³-hybridized carbons (Fsp3) is 0.522. The van der Waals surface area contributed by atoms with E-state index in [1.165, 1.54) is 22.3 Å². The molecule has 1 aromatic rings. The molecule has 2 aliphatic carbocycles. The first-order valence-electron chi connectivity index (χ1n) is 9.67. The Hall–Kier alpha value is -1.87. The Morgan fingerprint density at radius 1 is 1.15 bits per heavy atom. The second-order valence-corrected chi connectivity index (χ2v) is 8.41. The van der Waals surface area contributed by atoms with Gasteiger partial charge in [0.2, 0.25) is 0 Å². The van der Waals surface area contributed by atoms with E-state index in [4.69, 9.17) is 9.47 Å². The van der Waals surface area contributed by atoms with Gasteiger partial charge in [-0.25, -0.2) is 4.79 Å². The second kappa shape index (κ2) is 8.22. The first kappa shape index (κ1) is 18.9. The number of esters is 1. The average molecular weight is 354 g/mol. The Balaban J connectivity index is 1.69. The van der Waals surface area contributed by atoms with Crippen molar-refractivity contribution in [3.63, 3.8) is 0 Å². The third-order valence-corrected chi connectivity index (χ3v) is 5.11. The lowest BCUT2D eigenvalue weighted by atomic mass is 9.90. The molecule has 0 aliphatic heterocycles. The molecule has 0 saturated heterocycles. The lowest BCUT2D eigenvalue weighted by molar-refractivity contribution is -0.151. The summed E-state index contributed by atoms with van der Waals surface area (Å²) in [5.74, 6) is -0.274. The van der Waals surface area contributed by atoms with E-state index >= 15 is 0 Å². The molecule has 140 valence electrons. The zero-order chi connectivity index (χ0) is 18.6. The van der Waals surface area contributed by atoms with Crippen molar-refractivity contribution in [2.75, 3.05) is 13.2 Å². The number of allylic oxidation sites excluding steroid dienone is 3. The quantitative estimate of drug-likeness (QED) is 0.672. The summed E-state index contributed by atoms with van der Waals surface area (Å²) in [5, 5.41) is 0. The number of hydrogen-bond acceptors (Lipinski definition) is 3. The normalized spacial score (nSPS) is 19.6. The Morgan fingerprint density at radius 3 is 2.77 bits per heavy atom. The maximum Gasteiger partial charge on any atom is 0.332 e. The van der Waals surface area contributed by atoms with E-state index in [0.717, 1.165) is 32.1 Å². The minimum absolute atomic E-state index is 0.00361. The maximum absolute atomic E-state index is 12.2. The molecule has 26 heavy (non-hydrogen) atoms. The van der Waals surface area contributed by atoms with Crippen LogP contribution in [0.2, 0.25) is 0 Å². The van der Waals surface area contributed by atoms with Gasteiger partial charge in [-0.05, 0) is 59.8 Å². The summed E-state index contributed by atoms with van der Waals surface area (Å²) >= 11 is 0. The van der Waals surface area contributed by atoms with Crippen molar-refractivity contribution in [2.45, 2.75) is 59.0 Å².